The number of para-hydroxylation sites is 2. The monoisotopic (exact) mass is 308 g/mol. The van der Waals surface area contributed by atoms with E-state index >= 15 is 0 Å². The lowest BCUT2D eigenvalue weighted by Gasteiger charge is -2.12. The lowest BCUT2D eigenvalue weighted by Crippen LogP contribution is -2.19. The van der Waals surface area contributed by atoms with E-state index in [1.807, 2.05) is 18.2 Å². The van der Waals surface area contributed by atoms with Crippen molar-refractivity contribution in [2.24, 2.45) is 5.73 Å². The van der Waals surface area contributed by atoms with Crippen LogP contribution in [0.15, 0.2) is 24.3 Å². The Morgan fingerprint density at radius 2 is 1.95 bits per heavy atom. The molecule has 0 fully saturated rings. The summed E-state index contributed by atoms with van der Waals surface area (Å²) in [4.78, 5) is 12.2. The Morgan fingerprint density at radius 1 is 1.24 bits per heavy atom. The first-order valence-electron chi connectivity index (χ1n) is 7.43. The third kappa shape index (κ3) is 7.66. The number of carbonyl (C=O) groups is 1. The number of hydrogen-bond donors (Lipinski definition) is 2. The van der Waals surface area contributed by atoms with Crippen LogP contribution in [-0.2, 0) is 4.79 Å². The molecule has 5 heteroatoms. The van der Waals surface area contributed by atoms with Gasteiger partial charge in [-0.25, -0.2) is 0 Å². The number of carbonyl (C=O) groups excluding carboxylic acids is 1. The number of nitrogens with one attached hydrogen (secondary N) is 1. The highest BCUT2D eigenvalue weighted by molar-refractivity contribution is 7.80. The fraction of sp³-hybridized carbons (Fsp3) is 0.500. The molecule has 4 nitrogen and oxygen atoms in total. The summed E-state index contributed by atoms with van der Waals surface area (Å²) in [5.41, 5.74) is 6.08. The summed E-state index contributed by atoms with van der Waals surface area (Å²) in [6, 6.07) is 7.29. The van der Waals surface area contributed by atoms with Crippen LogP contribution in [0.5, 0.6) is 5.75 Å². The summed E-state index contributed by atoms with van der Waals surface area (Å²) in [7, 11) is 0. The number of amides is 1. The summed E-state index contributed by atoms with van der Waals surface area (Å²) < 4.78 is 5.48. The normalized spacial score (nSPS) is 10.1. The standard InChI is InChI=1S/C16H24N2O2S/c1-2-3-4-5-6-11-16(19)18-13-9-7-8-10-14(13)20-12-15(17)21/h7-10H,2-6,11-12H2,1H3,(H2,17,21)(H,18,19). The molecule has 0 saturated heterocycles. The molecule has 1 amide bonds. The third-order valence-electron chi connectivity index (χ3n) is 3.04. The number of thiocarbonyl (C=S) groups is 1. The van der Waals surface area contributed by atoms with E-state index in [0.717, 1.165) is 12.8 Å². The first kappa shape index (κ1) is 17.4. The minimum absolute atomic E-state index is 0.0119. The molecule has 0 aliphatic carbocycles. The molecule has 3 N–H and O–H groups in total. The van der Waals surface area contributed by atoms with Gasteiger partial charge in [0.2, 0.25) is 5.91 Å². The average Bonchev–Trinajstić information content (AvgIpc) is 2.46. The van der Waals surface area contributed by atoms with Crippen LogP contribution in [0.2, 0.25) is 0 Å². The van der Waals surface area contributed by atoms with Crippen LogP contribution in [0.3, 0.4) is 0 Å². The molecule has 0 saturated carbocycles. The van der Waals surface area contributed by atoms with Crippen molar-refractivity contribution in [3.8, 4) is 5.75 Å². The largest absolute Gasteiger partial charge is 0.484 e. The fourth-order valence-electron chi connectivity index (χ4n) is 1.95. The van der Waals surface area contributed by atoms with E-state index in [1.54, 1.807) is 6.07 Å². The topological polar surface area (TPSA) is 64.3 Å². The van der Waals surface area contributed by atoms with Gasteiger partial charge in [-0.05, 0) is 18.6 Å². The highest BCUT2D eigenvalue weighted by Gasteiger charge is 2.07. The van der Waals surface area contributed by atoms with Crippen molar-refractivity contribution >= 4 is 28.8 Å². The van der Waals surface area contributed by atoms with Gasteiger partial charge in [0, 0.05) is 6.42 Å². The summed E-state index contributed by atoms with van der Waals surface area (Å²) in [6.07, 6.45) is 6.19. The summed E-state index contributed by atoms with van der Waals surface area (Å²) >= 11 is 4.78. The van der Waals surface area contributed by atoms with Gasteiger partial charge in [-0.2, -0.15) is 0 Å². The minimum atomic E-state index is 0.0119. The lowest BCUT2D eigenvalue weighted by atomic mass is 10.1. The number of unbranched alkanes of at least 4 members (excludes halogenated alkanes) is 4. The van der Waals surface area contributed by atoms with E-state index in [2.05, 4.69) is 12.2 Å². The van der Waals surface area contributed by atoms with Gasteiger partial charge in [-0.1, -0.05) is 57.0 Å². The Balaban J connectivity index is 2.42. The highest BCUT2D eigenvalue weighted by Crippen LogP contribution is 2.24. The molecule has 21 heavy (non-hydrogen) atoms. The zero-order valence-electron chi connectivity index (χ0n) is 12.6. The molecule has 0 bridgehead atoms. The Labute approximate surface area is 132 Å². The molecule has 0 aromatic heterocycles. The van der Waals surface area contributed by atoms with E-state index in [0.29, 0.717) is 17.9 Å². The van der Waals surface area contributed by atoms with E-state index in [9.17, 15) is 4.79 Å². The molecule has 1 aromatic carbocycles. The lowest BCUT2D eigenvalue weighted by molar-refractivity contribution is -0.116. The minimum Gasteiger partial charge on any atom is -0.484 e. The predicted molar refractivity (Wildman–Crippen MR) is 90.7 cm³/mol. The molecule has 0 radical (unpaired) electrons. The maximum Gasteiger partial charge on any atom is 0.224 e. The summed E-state index contributed by atoms with van der Waals surface area (Å²) in [5.74, 6) is 0.600. The zero-order valence-corrected chi connectivity index (χ0v) is 13.4. The van der Waals surface area contributed by atoms with E-state index < -0.39 is 0 Å². The van der Waals surface area contributed by atoms with Gasteiger partial charge >= 0.3 is 0 Å². The second-order valence-electron chi connectivity index (χ2n) is 4.96. The second-order valence-corrected chi connectivity index (χ2v) is 5.49. The van der Waals surface area contributed by atoms with Gasteiger partial charge in [0.1, 0.15) is 17.3 Å². The highest BCUT2D eigenvalue weighted by atomic mass is 32.1. The number of nitrogens with two attached hydrogens (primary N) is 1. The van der Waals surface area contributed by atoms with Crippen LogP contribution in [0.4, 0.5) is 5.69 Å². The van der Waals surface area contributed by atoms with Gasteiger partial charge in [-0.15, -0.1) is 0 Å². The third-order valence-corrected chi connectivity index (χ3v) is 3.16. The van der Waals surface area contributed by atoms with Crippen LogP contribution < -0.4 is 15.8 Å². The number of rotatable bonds is 10. The molecule has 0 atom stereocenters. The molecule has 1 aromatic rings. The van der Waals surface area contributed by atoms with Crippen molar-refractivity contribution in [1.82, 2.24) is 0 Å². The Hall–Kier alpha value is -1.62. The SMILES string of the molecule is CCCCCCCC(=O)Nc1ccccc1OCC(N)=S. The van der Waals surface area contributed by atoms with Crippen LogP contribution in [0.25, 0.3) is 0 Å². The zero-order chi connectivity index (χ0) is 15.5. The number of hydrogen-bond acceptors (Lipinski definition) is 3. The Morgan fingerprint density at radius 3 is 2.67 bits per heavy atom. The average molecular weight is 308 g/mol. The van der Waals surface area contributed by atoms with Gasteiger partial charge in [0.25, 0.3) is 0 Å². The molecular weight excluding hydrogens is 284 g/mol. The molecule has 1 rings (SSSR count). The van der Waals surface area contributed by atoms with E-state index in [-0.39, 0.29) is 17.5 Å². The molecule has 0 unspecified atom stereocenters. The molecule has 0 aliphatic rings. The molecule has 0 aliphatic heterocycles. The van der Waals surface area contributed by atoms with E-state index in [4.69, 9.17) is 22.7 Å². The van der Waals surface area contributed by atoms with Crippen molar-refractivity contribution < 1.29 is 9.53 Å². The van der Waals surface area contributed by atoms with Crippen molar-refractivity contribution in [3.05, 3.63) is 24.3 Å². The summed E-state index contributed by atoms with van der Waals surface area (Å²) in [6.45, 7) is 2.34. The molecule has 0 spiro atoms. The quantitative estimate of drug-likeness (QED) is 0.511. The van der Waals surface area contributed by atoms with Crippen LogP contribution in [0.1, 0.15) is 45.4 Å². The van der Waals surface area contributed by atoms with Crippen molar-refractivity contribution in [2.75, 3.05) is 11.9 Å². The van der Waals surface area contributed by atoms with Crippen molar-refractivity contribution in [1.29, 1.82) is 0 Å². The van der Waals surface area contributed by atoms with Crippen LogP contribution in [0, 0.1) is 0 Å². The van der Waals surface area contributed by atoms with Crippen LogP contribution >= 0.6 is 12.2 Å². The van der Waals surface area contributed by atoms with Gasteiger partial charge in [0.05, 0.1) is 5.69 Å². The maximum absolute atomic E-state index is 11.9. The number of benzene rings is 1. The first-order chi connectivity index (χ1) is 10.1. The predicted octanol–water partition coefficient (Wildman–Crippen LogP) is 3.65. The fourth-order valence-corrected chi connectivity index (χ4v) is 2.01. The summed E-state index contributed by atoms with van der Waals surface area (Å²) in [5, 5.41) is 2.88. The van der Waals surface area contributed by atoms with E-state index in [1.165, 1.54) is 19.3 Å². The molecule has 0 heterocycles. The van der Waals surface area contributed by atoms with Gasteiger partial charge in [0.15, 0.2) is 0 Å². The molecule has 116 valence electrons. The Kier molecular flexibility index (Phi) is 8.43. The second kappa shape index (κ2) is 10.2. The first-order valence-corrected chi connectivity index (χ1v) is 7.84. The van der Waals surface area contributed by atoms with Crippen molar-refractivity contribution in [2.45, 2.75) is 45.4 Å². The Bertz CT molecular complexity index is 463. The molecular formula is C16H24N2O2S. The van der Waals surface area contributed by atoms with Gasteiger partial charge in [-0.3, -0.25) is 4.79 Å². The van der Waals surface area contributed by atoms with Crippen LogP contribution in [-0.4, -0.2) is 17.5 Å². The maximum atomic E-state index is 11.9. The smallest absolute Gasteiger partial charge is 0.224 e. The number of ether oxygens (including phenoxy) is 1. The van der Waals surface area contributed by atoms with Gasteiger partial charge < -0.3 is 15.8 Å². The van der Waals surface area contributed by atoms with Crippen molar-refractivity contribution in [3.63, 3.8) is 0 Å². The number of anilines is 1.